The molecule has 1 aliphatic rings. The van der Waals surface area contributed by atoms with E-state index < -0.39 is 17.7 Å². The molecule has 7 nitrogen and oxygen atoms in total. The molecule has 162 valence electrons. The van der Waals surface area contributed by atoms with Gasteiger partial charge in [-0.25, -0.2) is 9.97 Å². The van der Waals surface area contributed by atoms with Crippen LogP contribution in [0.4, 0.5) is 24.8 Å². The van der Waals surface area contributed by atoms with Gasteiger partial charge in [-0.2, -0.15) is 13.2 Å². The lowest BCUT2D eigenvalue weighted by Crippen LogP contribution is -2.31. The van der Waals surface area contributed by atoms with Gasteiger partial charge >= 0.3 is 12.1 Å². The molecule has 1 aliphatic heterocycles. The van der Waals surface area contributed by atoms with Crippen LogP contribution in [-0.4, -0.2) is 33.7 Å². The quantitative estimate of drug-likeness (QED) is 0.538. The van der Waals surface area contributed by atoms with Crippen LogP contribution in [0.2, 0.25) is 0 Å². The number of ether oxygens (including phenoxy) is 1. The molecule has 2 heterocycles. The summed E-state index contributed by atoms with van der Waals surface area (Å²) in [5.41, 5.74) is 0.486. The van der Waals surface area contributed by atoms with Gasteiger partial charge in [0.05, 0.1) is 30.6 Å². The Bertz CT molecular complexity index is 875. The van der Waals surface area contributed by atoms with E-state index in [4.69, 9.17) is 9.84 Å². The summed E-state index contributed by atoms with van der Waals surface area (Å²) in [4.78, 5) is 18.8. The highest BCUT2D eigenvalue weighted by Crippen LogP contribution is 2.39. The second-order valence-electron chi connectivity index (χ2n) is 7.07. The van der Waals surface area contributed by atoms with Gasteiger partial charge < -0.3 is 20.5 Å². The highest BCUT2D eigenvalue weighted by Gasteiger charge is 2.34. The molecule has 0 saturated heterocycles. The van der Waals surface area contributed by atoms with E-state index in [1.807, 2.05) is 6.92 Å². The van der Waals surface area contributed by atoms with Crippen molar-refractivity contribution in [2.24, 2.45) is 0 Å². The molecule has 1 aromatic carbocycles. The molecular formula is C20H23F3N4O3. The maximum Gasteiger partial charge on any atom is 0.416 e. The predicted octanol–water partition coefficient (Wildman–Crippen LogP) is 4.49. The van der Waals surface area contributed by atoms with Crippen molar-refractivity contribution in [3.63, 3.8) is 0 Å². The van der Waals surface area contributed by atoms with Crippen molar-refractivity contribution >= 4 is 17.6 Å². The number of nitrogens with zero attached hydrogens (tertiary/aromatic N) is 2. The number of fused-ring (bicyclic) bond motifs is 1. The van der Waals surface area contributed by atoms with Gasteiger partial charge in [-0.05, 0) is 43.0 Å². The summed E-state index contributed by atoms with van der Waals surface area (Å²) in [7, 11) is 0. The molecule has 3 rings (SSSR count). The Morgan fingerprint density at radius 3 is 2.70 bits per heavy atom. The molecule has 2 aromatic rings. The van der Waals surface area contributed by atoms with E-state index in [1.165, 1.54) is 18.5 Å². The normalized spacial score (nSPS) is 18.3. The molecule has 0 spiro atoms. The van der Waals surface area contributed by atoms with Gasteiger partial charge in [-0.3, -0.25) is 4.79 Å². The minimum Gasteiger partial charge on any atom is -0.490 e. The Kier molecular flexibility index (Phi) is 6.63. The van der Waals surface area contributed by atoms with Crippen LogP contribution in [0, 0.1) is 0 Å². The van der Waals surface area contributed by atoms with Crippen LogP contribution in [0.1, 0.15) is 49.8 Å². The van der Waals surface area contributed by atoms with Gasteiger partial charge in [0.1, 0.15) is 0 Å². The van der Waals surface area contributed by atoms with Gasteiger partial charge in [0.2, 0.25) is 5.95 Å². The Balaban J connectivity index is 1.72. The average molecular weight is 424 g/mol. The van der Waals surface area contributed by atoms with Crippen LogP contribution in [0.5, 0.6) is 5.75 Å². The van der Waals surface area contributed by atoms with Crippen molar-refractivity contribution in [2.75, 3.05) is 17.2 Å². The number of hydrogen-bond acceptors (Lipinski definition) is 6. The Hall–Kier alpha value is -3.04. The summed E-state index contributed by atoms with van der Waals surface area (Å²) in [6, 6.07) is 3.43. The first-order chi connectivity index (χ1) is 14.3. The van der Waals surface area contributed by atoms with Crippen LogP contribution in [0.25, 0.3) is 0 Å². The number of rotatable bonds is 8. The summed E-state index contributed by atoms with van der Waals surface area (Å²) in [6.45, 7) is 2.24. The van der Waals surface area contributed by atoms with Crippen LogP contribution in [0.3, 0.4) is 0 Å². The number of alkyl halides is 3. The van der Waals surface area contributed by atoms with Crippen molar-refractivity contribution < 1.29 is 27.8 Å². The standard InChI is InChI=1S/C20H23F3N4O3/c1-2-13-9-17(15-8-12(20(21,22)23)5-6-16(15)26-13)27-19-24-10-14(11-25-19)30-7-3-4-18(28)29/h5-6,8,10-11,13,17,26H,2-4,7,9H2,1H3,(H,28,29)(H,24,25,27). The zero-order chi connectivity index (χ0) is 21.7. The van der Waals surface area contributed by atoms with Gasteiger partial charge in [0.15, 0.2) is 5.75 Å². The zero-order valence-corrected chi connectivity index (χ0v) is 16.4. The fraction of sp³-hybridized carbons (Fsp3) is 0.450. The third-order valence-electron chi connectivity index (χ3n) is 4.86. The predicted molar refractivity (Wildman–Crippen MR) is 105 cm³/mol. The Labute approximate surface area is 171 Å². The second-order valence-corrected chi connectivity index (χ2v) is 7.07. The number of hydrogen-bond donors (Lipinski definition) is 3. The number of benzene rings is 1. The highest BCUT2D eigenvalue weighted by atomic mass is 19.4. The average Bonchev–Trinajstić information content (AvgIpc) is 2.71. The molecule has 2 atom stereocenters. The van der Waals surface area contributed by atoms with Gasteiger partial charge in [-0.1, -0.05) is 6.92 Å². The number of nitrogens with one attached hydrogen (secondary N) is 2. The number of anilines is 2. The van der Waals surface area contributed by atoms with E-state index in [1.54, 1.807) is 0 Å². The Morgan fingerprint density at radius 2 is 2.07 bits per heavy atom. The first kappa shape index (κ1) is 21.7. The maximum absolute atomic E-state index is 13.2. The van der Waals surface area contributed by atoms with E-state index in [9.17, 15) is 18.0 Å². The maximum atomic E-state index is 13.2. The van der Waals surface area contributed by atoms with Crippen molar-refractivity contribution in [3.8, 4) is 5.75 Å². The van der Waals surface area contributed by atoms with Crippen LogP contribution >= 0.6 is 0 Å². The fourth-order valence-electron chi connectivity index (χ4n) is 3.29. The molecule has 10 heteroatoms. The van der Waals surface area contributed by atoms with Crippen LogP contribution in [0.15, 0.2) is 30.6 Å². The summed E-state index contributed by atoms with van der Waals surface area (Å²) in [6.07, 6.45) is 0.250. The molecular weight excluding hydrogens is 401 g/mol. The first-order valence-electron chi connectivity index (χ1n) is 9.67. The third-order valence-corrected chi connectivity index (χ3v) is 4.86. The SMILES string of the molecule is CCC1CC(Nc2ncc(OCCCC(=O)O)cn2)c2cc(C(F)(F)F)ccc2N1. The minimum atomic E-state index is -4.42. The monoisotopic (exact) mass is 424 g/mol. The van der Waals surface area contributed by atoms with E-state index >= 15 is 0 Å². The lowest BCUT2D eigenvalue weighted by molar-refractivity contribution is -0.138. The number of carboxylic acids is 1. The molecule has 30 heavy (non-hydrogen) atoms. The lowest BCUT2D eigenvalue weighted by atomic mass is 9.90. The van der Waals surface area contributed by atoms with Crippen molar-refractivity contribution in [2.45, 2.75) is 50.9 Å². The molecule has 0 aliphatic carbocycles. The van der Waals surface area contributed by atoms with E-state index in [2.05, 4.69) is 20.6 Å². The molecule has 0 fully saturated rings. The number of halogens is 3. The smallest absolute Gasteiger partial charge is 0.416 e. The summed E-state index contributed by atoms with van der Waals surface area (Å²) in [5, 5.41) is 15.0. The van der Waals surface area contributed by atoms with Crippen LogP contribution in [-0.2, 0) is 11.0 Å². The van der Waals surface area contributed by atoms with Crippen molar-refractivity contribution in [1.82, 2.24) is 9.97 Å². The van der Waals surface area contributed by atoms with Crippen molar-refractivity contribution in [1.29, 1.82) is 0 Å². The molecule has 2 unspecified atom stereocenters. The molecule has 0 bridgehead atoms. The minimum absolute atomic E-state index is 0.00807. The molecule has 0 amide bonds. The summed E-state index contributed by atoms with van der Waals surface area (Å²) >= 11 is 0. The molecule has 0 saturated carbocycles. The second kappa shape index (κ2) is 9.19. The number of carbonyl (C=O) groups is 1. The first-order valence-corrected chi connectivity index (χ1v) is 9.67. The van der Waals surface area contributed by atoms with Gasteiger partial charge in [0.25, 0.3) is 0 Å². The Morgan fingerprint density at radius 1 is 1.33 bits per heavy atom. The van der Waals surface area contributed by atoms with Crippen molar-refractivity contribution in [3.05, 3.63) is 41.7 Å². The zero-order valence-electron chi connectivity index (χ0n) is 16.4. The summed E-state index contributed by atoms with van der Waals surface area (Å²) < 4.78 is 44.9. The summed E-state index contributed by atoms with van der Waals surface area (Å²) in [5.74, 6) is -0.226. The molecule has 0 radical (unpaired) electrons. The fourth-order valence-corrected chi connectivity index (χ4v) is 3.29. The van der Waals surface area contributed by atoms with E-state index in [0.29, 0.717) is 29.8 Å². The van der Waals surface area contributed by atoms with E-state index in [0.717, 1.165) is 18.6 Å². The molecule has 3 N–H and O–H groups in total. The van der Waals surface area contributed by atoms with E-state index in [-0.39, 0.29) is 31.1 Å². The molecule has 1 aromatic heterocycles. The van der Waals surface area contributed by atoms with Gasteiger partial charge in [0, 0.05) is 18.2 Å². The van der Waals surface area contributed by atoms with Gasteiger partial charge in [-0.15, -0.1) is 0 Å². The third kappa shape index (κ3) is 5.52. The number of aliphatic carboxylic acids is 1. The topological polar surface area (TPSA) is 96.4 Å². The lowest BCUT2D eigenvalue weighted by Gasteiger charge is -2.33. The number of carboxylic acid groups (broad SMARTS) is 1. The highest BCUT2D eigenvalue weighted by molar-refractivity contribution is 5.66. The van der Waals surface area contributed by atoms with Crippen LogP contribution < -0.4 is 15.4 Å². The largest absolute Gasteiger partial charge is 0.490 e. The number of aromatic nitrogens is 2.